The van der Waals surface area contributed by atoms with Crippen molar-refractivity contribution in [3.05, 3.63) is 77.3 Å². The second-order valence-electron chi connectivity index (χ2n) is 8.34. The Morgan fingerprint density at radius 1 is 1.06 bits per heavy atom. The van der Waals surface area contributed by atoms with Gasteiger partial charge in [-0.15, -0.1) is 0 Å². The summed E-state index contributed by atoms with van der Waals surface area (Å²) in [5.74, 6) is -0.232. The molecule has 1 aliphatic heterocycles. The van der Waals surface area contributed by atoms with Crippen LogP contribution in [0, 0.1) is 6.92 Å². The molecular formula is C26H28ClN3O5S. The van der Waals surface area contributed by atoms with E-state index in [1.54, 1.807) is 36.4 Å². The maximum absolute atomic E-state index is 13.7. The van der Waals surface area contributed by atoms with E-state index in [4.69, 9.17) is 21.1 Å². The first kappa shape index (κ1) is 25.8. The van der Waals surface area contributed by atoms with Gasteiger partial charge in [-0.3, -0.25) is 9.10 Å². The van der Waals surface area contributed by atoms with Crippen molar-refractivity contribution in [1.82, 2.24) is 0 Å². The van der Waals surface area contributed by atoms with Crippen LogP contribution in [0.2, 0.25) is 5.02 Å². The average molecular weight is 530 g/mol. The highest BCUT2D eigenvalue weighted by Gasteiger charge is 2.30. The van der Waals surface area contributed by atoms with Gasteiger partial charge in [0.1, 0.15) is 12.3 Å². The number of amides is 1. The predicted molar refractivity (Wildman–Crippen MR) is 142 cm³/mol. The van der Waals surface area contributed by atoms with E-state index in [-0.39, 0.29) is 16.3 Å². The fourth-order valence-corrected chi connectivity index (χ4v) is 5.49. The highest BCUT2D eigenvalue weighted by atomic mass is 35.5. The fourth-order valence-electron chi connectivity index (χ4n) is 3.90. The summed E-state index contributed by atoms with van der Waals surface area (Å²) in [6.45, 7) is 4.36. The molecule has 0 radical (unpaired) electrons. The highest BCUT2D eigenvalue weighted by molar-refractivity contribution is 7.92. The predicted octanol–water partition coefficient (Wildman–Crippen LogP) is 4.33. The lowest BCUT2D eigenvalue weighted by Gasteiger charge is -2.29. The van der Waals surface area contributed by atoms with Crippen molar-refractivity contribution in [2.45, 2.75) is 11.8 Å². The number of carbonyl (C=O) groups excluding carboxylic acids is 1. The number of halogens is 1. The molecule has 1 aliphatic rings. The third kappa shape index (κ3) is 5.92. The van der Waals surface area contributed by atoms with Crippen LogP contribution in [0.3, 0.4) is 0 Å². The molecular weight excluding hydrogens is 502 g/mol. The minimum atomic E-state index is -4.11. The molecule has 0 aliphatic carbocycles. The van der Waals surface area contributed by atoms with Gasteiger partial charge in [-0.05, 0) is 61.5 Å². The van der Waals surface area contributed by atoms with Crippen molar-refractivity contribution in [1.29, 1.82) is 0 Å². The zero-order valence-corrected chi connectivity index (χ0v) is 21.7. The van der Waals surface area contributed by atoms with E-state index < -0.39 is 22.5 Å². The summed E-state index contributed by atoms with van der Waals surface area (Å²) in [5, 5.41) is 3.11. The van der Waals surface area contributed by atoms with Crippen molar-refractivity contribution >= 4 is 44.6 Å². The number of anilines is 3. The summed E-state index contributed by atoms with van der Waals surface area (Å²) in [4.78, 5) is 15.3. The zero-order chi connectivity index (χ0) is 25.7. The summed E-state index contributed by atoms with van der Waals surface area (Å²) in [6, 6.07) is 18.5. The number of hydrogen-bond donors (Lipinski definition) is 1. The standard InChI is InChI=1S/C26H28ClN3O5S/c1-19-3-10-23(11-4-19)36(32,33)30(24-17-20(27)5-12-25(24)34-2)18-26(31)28-21-6-8-22(9-7-21)29-13-15-35-16-14-29/h3-12,17H,13-16,18H2,1-2H3,(H,28,31). The van der Waals surface area contributed by atoms with E-state index in [0.29, 0.717) is 23.9 Å². The van der Waals surface area contributed by atoms with Crippen LogP contribution >= 0.6 is 11.6 Å². The molecule has 1 N–H and O–H groups in total. The summed E-state index contributed by atoms with van der Waals surface area (Å²) in [7, 11) is -2.68. The Balaban J connectivity index is 1.60. The van der Waals surface area contributed by atoms with Crippen LogP contribution in [0.25, 0.3) is 0 Å². The van der Waals surface area contributed by atoms with Crippen LogP contribution in [0.1, 0.15) is 5.56 Å². The van der Waals surface area contributed by atoms with E-state index >= 15 is 0 Å². The van der Waals surface area contributed by atoms with Gasteiger partial charge in [-0.2, -0.15) is 0 Å². The summed E-state index contributed by atoms with van der Waals surface area (Å²) in [6.07, 6.45) is 0. The van der Waals surface area contributed by atoms with E-state index in [0.717, 1.165) is 28.6 Å². The van der Waals surface area contributed by atoms with Crippen LogP contribution in [-0.2, 0) is 19.6 Å². The molecule has 190 valence electrons. The third-order valence-electron chi connectivity index (χ3n) is 5.83. The molecule has 0 bridgehead atoms. The average Bonchev–Trinajstić information content (AvgIpc) is 2.88. The normalized spacial score (nSPS) is 13.8. The van der Waals surface area contributed by atoms with Crippen molar-refractivity contribution in [2.24, 2.45) is 0 Å². The van der Waals surface area contributed by atoms with Gasteiger partial charge >= 0.3 is 0 Å². The molecule has 0 spiro atoms. The van der Waals surface area contributed by atoms with Crippen LogP contribution < -0.4 is 19.3 Å². The molecule has 3 aromatic carbocycles. The number of rotatable bonds is 8. The van der Waals surface area contributed by atoms with Crippen molar-refractivity contribution in [3.8, 4) is 5.75 Å². The molecule has 0 saturated carbocycles. The summed E-state index contributed by atoms with van der Waals surface area (Å²) in [5.41, 5.74) is 2.67. The number of nitrogens with zero attached hydrogens (tertiary/aromatic N) is 2. The van der Waals surface area contributed by atoms with E-state index in [2.05, 4.69) is 10.2 Å². The second kappa shape index (κ2) is 11.2. The highest BCUT2D eigenvalue weighted by Crippen LogP contribution is 2.35. The van der Waals surface area contributed by atoms with Crippen LogP contribution in [-0.4, -0.2) is 54.3 Å². The Morgan fingerprint density at radius 3 is 2.36 bits per heavy atom. The number of sulfonamides is 1. The zero-order valence-electron chi connectivity index (χ0n) is 20.1. The number of ether oxygens (including phenoxy) is 2. The van der Waals surface area contributed by atoms with E-state index in [1.165, 1.54) is 25.3 Å². The van der Waals surface area contributed by atoms with Crippen molar-refractivity contribution in [3.63, 3.8) is 0 Å². The molecule has 8 nitrogen and oxygen atoms in total. The first-order chi connectivity index (χ1) is 17.3. The number of benzene rings is 3. The molecule has 3 aromatic rings. The van der Waals surface area contributed by atoms with Crippen LogP contribution in [0.15, 0.2) is 71.6 Å². The quantitative estimate of drug-likeness (QED) is 0.467. The molecule has 0 atom stereocenters. The lowest BCUT2D eigenvalue weighted by molar-refractivity contribution is -0.114. The van der Waals surface area contributed by atoms with E-state index in [1.807, 2.05) is 19.1 Å². The SMILES string of the molecule is COc1ccc(Cl)cc1N(CC(=O)Nc1ccc(N2CCOCC2)cc1)S(=O)(=O)c1ccc(C)cc1. The number of nitrogens with one attached hydrogen (secondary N) is 1. The number of methoxy groups -OCH3 is 1. The molecule has 1 amide bonds. The maximum atomic E-state index is 13.7. The molecule has 0 unspecified atom stereocenters. The Labute approximate surface area is 216 Å². The number of carbonyl (C=O) groups is 1. The number of hydrogen-bond acceptors (Lipinski definition) is 6. The van der Waals surface area contributed by atoms with Gasteiger partial charge < -0.3 is 19.7 Å². The van der Waals surface area contributed by atoms with E-state index in [9.17, 15) is 13.2 Å². The Kier molecular flexibility index (Phi) is 8.03. The fraction of sp³-hybridized carbons (Fsp3) is 0.269. The van der Waals surface area contributed by atoms with Crippen LogP contribution in [0.4, 0.5) is 17.1 Å². The molecule has 36 heavy (non-hydrogen) atoms. The maximum Gasteiger partial charge on any atom is 0.264 e. The largest absolute Gasteiger partial charge is 0.495 e. The summed E-state index contributed by atoms with van der Waals surface area (Å²) >= 11 is 6.19. The van der Waals surface area contributed by atoms with Gasteiger partial charge in [0, 0.05) is 29.5 Å². The van der Waals surface area contributed by atoms with Crippen LogP contribution in [0.5, 0.6) is 5.75 Å². The van der Waals surface area contributed by atoms with Gasteiger partial charge in [-0.1, -0.05) is 29.3 Å². The van der Waals surface area contributed by atoms with Gasteiger partial charge in [0.05, 0.1) is 30.9 Å². The Bertz CT molecular complexity index is 1310. The Morgan fingerprint density at radius 2 is 1.72 bits per heavy atom. The summed E-state index contributed by atoms with van der Waals surface area (Å²) < 4.78 is 39.1. The topological polar surface area (TPSA) is 88.2 Å². The minimum absolute atomic E-state index is 0.0535. The van der Waals surface area contributed by atoms with Crippen molar-refractivity contribution in [2.75, 3.05) is 54.5 Å². The van der Waals surface area contributed by atoms with Gasteiger partial charge in [0.2, 0.25) is 5.91 Å². The first-order valence-corrected chi connectivity index (χ1v) is 13.3. The Hall–Kier alpha value is -3.27. The molecule has 1 heterocycles. The molecule has 1 fully saturated rings. The minimum Gasteiger partial charge on any atom is -0.495 e. The monoisotopic (exact) mass is 529 g/mol. The molecule has 0 aromatic heterocycles. The van der Waals surface area contributed by atoms with Crippen molar-refractivity contribution < 1.29 is 22.7 Å². The smallest absolute Gasteiger partial charge is 0.264 e. The molecule has 1 saturated heterocycles. The molecule has 10 heteroatoms. The van der Waals surface area contributed by atoms with Gasteiger partial charge in [0.15, 0.2) is 0 Å². The first-order valence-electron chi connectivity index (χ1n) is 11.4. The number of morpholine rings is 1. The molecule has 4 rings (SSSR count). The van der Waals surface area contributed by atoms with Gasteiger partial charge in [-0.25, -0.2) is 8.42 Å². The second-order valence-corrected chi connectivity index (χ2v) is 10.6. The lowest BCUT2D eigenvalue weighted by atomic mass is 10.2. The number of aryl methyl sites for hydroxylation is 1. The third-order valence-corrected chi connectivity index (χ3v) is 7.84. The van der Waals surface area contributed by atoms with Gasteiger partial charge in [0.25, 0.3) is 10.0 Å². The lowest BCUT2D eigenvalue weighted by Crippen LogP contribution is -2.38.